The zero-order chi connectivity index (χ0) is 16.0. The highest BCUT2D eigenvalue weighted by Crippen LogP contribution is 2.30. The average molecular weight is 293 g/mol. The van der Waals surface area contributed by atoms with Gasteiger partial charge in [0.25, 0.3) is 0 Å². The molecule has 0 aliphatic rings. The number of hydrazine groups is 1. The molecule has 0 saturated carbocycles. The Hall–Kier alpha value is -2.47. The minimum atomic E-state index is -0.509. The van der Waals surface area contributed by atoms with Gasteiger partial charge in [0.1, 0.15) is 5.69 Å². The van der Waals surface area contributed by atoms with Gasteiger partial charge in [-0.3, -0.25) is 15.5 Å². The number of nitrogens with one attached hydrogen (secondary N) is 1. The first-order valence-corrected chi connectivity index (χ1v) is 6.52. The van der Waals surface area contributed by atoms with E-state index in [4.69, 9.17) is 11.1 Å². The standard InChI is InChI=1S/C12H19N7O2/c1-8(2)7-18(6-4-5-13)11-10(19(20)21)9(3)15-12(16-11)17-14/h8H,4,6-7,14H2,1-3H3,(H,15,16,17). The zero-order valence-corrected chi connectivity index (χ0v) is 12.3. The molecular formula is C12H19N7O2. The smallest absolute Gasteiger partial charge is 0.332 e. The summed E-state index contributed by atoms with van der Waals surface area (Å²) in [7, 11) is 0. The van der Waals surface area contributed by atoms with E-state index in [1.807, 2.05) is 19.9 Å². The van der Waals surface area contributed by atoms with Crippen molar-refractivity contribution in [1.29, 1.82) is 5.26 Å². The molecule has 0 aliphatic heterocycles. The van der Waals surface area contributed by atoms with Crippen LogP contribution in [-0.2, 0) is 0 Å². The first kappa shape index (κ1) is 16.6. The number of aryl methyl sites for hydroxylation is 1. The van der Waals surface area contributed by atoms with Crippen LogP contribution in [0.15, 0.2) is 0 Å². The Labute approximate surface area is 122 Å². The van der Waals surface area contributed by atoms with Crippen LogP contribution in [0.2, 0.25) is 0 Å². The van der Waals surface area contributed by atoms with Crippen LogP contribution in [-0.4, -0.2) is 28.0 Å². The molecule has 0 unspecified atom stereocenters. The normalized spacial score (nSPS) is 10.3. The molecule has 0 radical (unpaired) electrons. The molecular weight excluding hydrogens is 274 g/mol. The number of nitrogens with two attached hydrogens (primary N) is 1. The average Bonchev–Trinajstić information content (AvgIpc) is 2.41. The van der Waals surface area contributed by atoms with E-state index in [2.05, 4.69) is 15.4 Å². The van der Waals surface area contributed by atoms with Crippen LogP contribution in [0.4, 0.5) is 17.5 Å². The molecule has 0 spiro atoms. The summed E-state index contributed by atoms with van der Waals surface area (Å²) in [6, 6.07) is 2.04. The number of nitrogen functional groups attached to an aromatic ring is 1. The van der Waals surface area contributed by atoms with Gasteiger partial charge in [0.05, 0.1) is 17.4 Å². The highest BCUT2D eigenvalue weighted by atomic mass is 16.6. The Morgan fingerprint density at radius 3 is 2.67 bits per heavy atom. The van der Waals surface area contributed by atoms with Crippen molar-refractivity contribution >= 4 is 17.5 Å². The highest BCUT2D eigenvalue weighted by Gasteiger charge is 2.26. The largest absolute Gasteiger partial charge is 0.349 e. The minimum Gasteiger partial charge on any atom is -0.349 e. The number of hydrogen-bond donors (Lipinski definition) is 2. The predicted octanol–water partition coefficient (Wildman–Crippen LogP) is 1.35. The molecule has 0 atom stereocenters. The zero-order valence-electron chi connectivity index (χ0n) is 12.3. The monoisotopic (exact) mass is 293 g/mol. The molecule has 114 valence electrons. The van der Waals surface area contributed by atoms with Crippen LogP contribution in [0, 0.1) is 34.3 Å². The molecule has 21 heavy (non-hydrogen) atoms. The Balaban J connectivity index is 3.35. The Bertz CT molecular complexity index is 553. The van der Waals surface area contributed by atoms with Crippen LogP contribution >= 0.6 is 0 Å². The third kappa shape index (κ3) is 4.25. The van der Waals surface area contributed by atoms with Gasteiger partial charge in [0.15, 0.2) is 0 Å². The van der Waals surface area contributed by atoms with Crippen LogP contribution in [0.5, 0.6) is 0 Å². The fraction of sp³-hybridized carbons (Fsp3) is 0.583. The van der Waals surface area contributed by atoms with Crippen molar-refractivity contribution in [3.05, 3.63) is 15.8 Å². The first-order valence-electron chi connectivity index (χ1n) is 6.52. The molecule has 0 fully saturated rings. The van der Waals surface area contributed by atoms with E-state index in [1.54, 1.807) is 4.90 Å². The number of aromatic nitrogens is 2. The molecule has 1 aromatic heterocycles. The number of anilines is 2. The molecule has 0 saturated heterocycles. The second-order valence-corrected chi connectivity index (χ2v) is 4.95. The van der Waals surface area contributed by atoms with Crippen molar-refractivity contribution in [3.8, 4) is 6.07 Å². The summed E-state index contributed by atoms with van der Waals surface area (Å²) in [5.74, 6) is 5.85. The summed E-state index contributed by atoms with van der Waals surface area (Å²) in [5.41, 5.74) is 2.37. The van der Waals surface area contributed by atoms with Crippen molar-refractivity contribution < 1.29 is 4.92 Å². The van der Waals surface area contributed by atoms with Gasteiger partial charge in [-0.2, -0.15) is 10.2 Å². The Kier molecular flexibility index (Phi) is 5.80. The van der Waals surface area contributed by atoms with Crippen molar-refractivity contribution in [3.63, 3.8) is 0 Å². The fourth-order valence-corrected chi connectivity index (χ4v) is 1.96. The van der Waals surface area contributed by atoms with Gasteiger partial charge in [0.2, 0.25) is 11.8 Å². The van der Waals surface area contributed by atoms with Crippen LogP contribution < -0.4 is 16.2 Å². The van der Waals surface area contributed by atoms with Gasteiger partial charge < -0.3 is 4.90 Å². The lowest BCUT2D eigenvalue weighted by atomic mass is 10.2. The van der Waals surface area contributed by atoms with E-state index in [9.17, 15) is 10.1 Å². The third-order valence-corrected chi connectivity index (χ3v) is 2.73. The fourth-order valence-electron chi connectivity index (χ4n) is 1.96. The Morgan fingerprint density at radius 2 is 2.19 bits per heavy atom. The number of nitrogens with zero attached hydrogens (tertiary/aromatic N) is 5. The number of nitriles is 1. The Morgan fingerprint density at radius 1 is 1.52 bits per heavy atom. The topological polar surface area (TPSA) is 134 Å². The van der Waals surface area contributed by atoms with E-state index in [-0.39, 0.29) is 35.5 Å². The van der Waals surface area contributed by atoms with E-state index >= 15 is 0 Å². The highest BCUT2D eigenvalue weighted by molar-refractivity contribution is 5.62. The van der Waals surface area contributed by atoms with Crippen molar-refractivity contribution in [2.75, 3.05) is 23.4 Å². The summed E-state index contributed by atoms with van der Waals surface area (Å²) in [6.07, 6.45) is 0.248. The molecule has 9 nitrogen and oxygen atoms in total. The van der Waals surface area contributed by atoms with Crippen LogP contribution in [0.25, 0.3) is 0 Å². The van der Waals surface area contributed by atoms with E-state index in [0.717, 1.165) is 0 Å². The van der Waals surface area contributed by atoms with Gasteiger partial charge in [-0.15, -0.1) is 0 Å². The van der Waals surface area contributed by atoms with Crippen molar-refractivity contribution in [2.45, 2.75) is 27.2 Å². The third-order valence-electron chi connectivity index (χ3n) is 2.73. The number of hydrogen-bond acceptors (Lipinski definition) is 8. The van der Waals surface area contributed by atoms with Crippen molar-refractivity contribution in [2.24, 2.45) is 11.8 Å². The van der Waals surface area contributed by atoms with E-state index in [0.29, 0.717) is 13.1 Å². The first-order chi connectivity index (χ1) is 9.90. The lowest BCUT2D eigenvalue weighted by Gasteiger charge is -2.24. The summed E-state index contributed by atoms with van der Waals surface area (Å²) in [6.45, 7) is 6.41. The van der Waals surface area contributed by atoms with Crippen LogP contribution in [0.3, 0.4) is 0 Å². The van der Waals surface area contributed by atoms with Crippen molar-refractivity contribution in [1.82, 2.24) is 9.97 Å². The summed E-state index contributed by atoms with van der Waals surface area (Å²) < 4.78 is 0. The van der Waals surface area contributed by atoms with Gasteiger partial charge in [0, 0.05) is 13.1 Å². The summed E-state index contributed by atoms with van der Waals surface area (Å²) in [4.78, 5) is 20.5. The number of rotatable bonds is 7. The lowest BCUT2D eigenvalue weighted by Crippen LogP contribution is -2.31. The molecule has 0 amide bonds. The quantitative estimate of drug-likeness (QED) is 0.437. The summed E-state index contributed by atoms with van der Waals surface area (Å²) in [5, 5.41) is 20.0. The molecule has 0 bridgehead atoms. The molecule has 0 aliphatic carbocycles. The van der Waals surface area contributed by atoms with Gasteiger partial charge in [-0.25, -0.2) is 10.8 Å². The maximum absolute atomic E-state index is 11.3. The maximum atomic E-state index is 11.3. The SMILES string of the molecule is Cc1nc(NN)nc(N(CCC#N)CC(C)C)c1[N+](=O)[O-]. The molecule has 1 rings (SSSR count). The van der Waals surface area contributed by atoms with Gasteiger partial charge in [-0.1, -0.05) is 13.8 Å². The van der Waals surface area contributed by atoms with E-state index in [1.165, 1.54) is 6.92 Å². The van der Waals surface area contributed by atoms with Gasteiger partial charge >= 0.3 is 5.69 Å². The molecule has 1 aromatic rings. The molecule has 1 heterocycles. The lowest BCUT2D eigenvalue weighted by molar-refractivity contribution is -0.385. The van der Waals surface area contributed by atoms with E-state index < -0.39 is 4.92 Å². The predicted molar refractivity (Wildman–Crippen MR) is 78.5 cm³/mol. The second kappa shape index (κ2) is 7.35. The van der Waals surface area contributed by atoms with Gasteiger partial charge in [-0.05, 0) is 12.8 Å². The molecule has 3 N–H and O–H groups in total. The molecule has 9 heteroatoms. The molecule has 0 aromatic carbocycles. The summed E-state index contributed by atoms with van der Waals surface area (Å²) >= 11 is 0. The number of nitro groups is 1. The minimum absolute atomic E-state index is 0.110. The second-order valence-electron chi connectivity index (χ2n) is 4.95. The maximum Gasteiger partial charge on any atom is 0.332 e. The van der Waals surface area contributed by atoms with Crippen LogP contribution in [0.1, 0.15) is 26.0 Å².